The Hall–Kier alpha value is -3.49. The first-order chi connectivity index (χ1) is 14.7. The van der Waals surface area contributed by atoms with Gasteiger partial charge in [-0.15, -0.1) is 11.3 Å². The Morgan fingerprint density at radius 2 is 1.87 bits per heavy atom. The number of benzene rings is 2. The summed E-state index contributed by atoms with van der Waals surface area (Å²) in [6.07, 6.45) is 2.77. The predicted octanol–water partition coefficient (Wildman–Crippen LogP) is 3.17. The highest BCUT2D eigenvalue weighted by molar-refractivity contribution is 7.13. The number of amides is 1. The molecule has 8 heteroatoms. The monoisotopic (exact) mass is 420 g/mol. The van der Waals surface area contributed by atoms with Crippen molar-refractivity contribution in [3.05, 3.63) is 84.1 Å². The van der Waals surface area contributed by atoms with Crippen LogP contribution in [0.3, 0.4) is 0 Å². The normalized spacial score (nSPS) is 11.8. The number of nitrogens with zero attached hydrogens (tertiary/aromatic N) is 3. The molecule has 0 spiro atoms. The molecule has 4 rings (SSSR count). The van der Waals surface area contributed by atoms with Gasteiger partial charge in [0, 0.05) is 23.7 Å². The van der Waals surface area contributed by atoms with Crippen molar-refractivity contribution in [3.63, 3.8) is 0 Å². The van der Waals surface area contributed by atoms with Crippen molar-refractivity contribution in [3.8, 4) is 22.0 Å². The third kappa shape index (κ3) is 4.91. The van der Waals surface area contributed by atoms with Gasteiger partial charge in [-0.05, 0) is 24.3 Å². The van der Waals surface area contributed by atoms with E-state index in [1.54, 1.807) is 16.3 Å². The van der Waals surface area contributed by atoms with Gasteiger partial charge in [-0.2, -0.15) is 5.10 Å². The number of thiazole rings is 1. The van der Waals surface area contributed by atoms with Gasteiger partial charge in [0.1, 0.15) is 29.2 Å². The largest absolute Gasteiger partial charge is 0.491 e. The fourth-order valence-electron chi connectivity index (χ4n) is 2.73. The van der Waals surface area contributed by atoms with Gasteiger partial charge in [0.15, 0.2) is 0 Å². The number of para-hydroxylation sites is 2. The minimum atomic E-state index is -0.823. The van der Waals surface area contributed by atoms with Crippen LogP contribution in [0.25, 0.3) is 16.3 Å². The van der Waals surface area contributed by atoms with Gasteiger partial charge in [-0.25, -0.2) is 9.67 Å². The lowest BCUT2D eigenvalue weighted by molar-refractivity contribution is 0.0840. The molecule has 1 amide bonds. The molecule has 0 radical (unpaired) electrons. The number of hydrogen-bond acceptors (Lipinski definition) is 6. The second-order valence-corrected chi connectivity index (χ2v) is 7.39. The van der Waals surface area contributed by atoms with Crippen LogP contribution in [0.15, 0.2) is 78.4 Å². The van der Waals surface area contributed by atoms with E-state index >= 15 is 0 Å². The molecule has 4 aromatic rings. The summed E-state index contributed by atoms with van der Waals surface area (Å²) in [4.78, 5) is 16.8. The van der Waals surface area contributed by atoms with Crippen LogP contribution in [0.5, 0.6) is 5.75 Å². The Labute approximate surface area is 177 Å². The van der Waals surface area contributed by atoms with Crippen molar-refractivity contribution in [2.45, 2.75) is 6.10 Å². The first-order valence-electron chi connectivity index (χ1n) is 9.39. The van der Waals surface area contributed by atoms with E-state index in [9.17, 15) is 9.90 Å². The van der Waals surface area contributed by atoms with Crippen molar-refractivity contribution in [1.82, 2.24) is 20.1 Å². The molecule has 30 heavy (non-hydrogen) atoms. The highest BCUT2D eigenvalue weighted by Crippen LogP contribution is 2.24. The topological polar surface area (TPSA) is 89.3 Å². The molecule has 0 bridgehead atoms. The first-order valence-corrected chi connectivity index (χ1v) is 10.3. The first kappa shape index (κ1) is 19.8. The highest BCUT2D eigenvalue weighted by atomic mass is 32.1. The summed E-state index contributed by atoms with van der Waals surface area (Å²) in [5.74, 6) is 0.329. The molecule has 0 fully saturated rings. The van der Waals surface area contributed by atoms with E-state index < -0.39 is 6.10 Å². The van der Waals surface area contributed by atoms with Crippen LogP contribution in [-0.4, -0.2) is 45.0 Å². The number of carbonyl (C=O) groups excluding carboxylic acids is 1. The van der Waals surface area contributed by atoms with E-state index in [-0.39, 0.29) is 19.1 Å². The second kappa shape index (κ2) is 9.34. The van der Waals surface area contributed by atoms with Gasteiger partial charge >= 0.3 is 0 Å². The number of aliphatic hydroxyl groups is 1. The predicted molar refractivity (Wildman–Crippen MR) is 115 cm³/mol. The number of carbonyl (C=O) groups is 1. The number of aliphatic hydroxyl groups excluding tert-OH is 1. The molecule has 0 saturated heterocycles. The average molecular weight is 420 g/mol. The lowest BCUT2D eigenvalue weighted by Crippen LogP contribution is -2.35. The summed E-state index contributed by atoms with van der Waals surface area (Å²) >= 11 is 1.37. The van der Waals surface area contributed by atoms with Crippen molar-refractivity contribution >= 4 is 17.2 Å². The molecule has 2 aromatic heterocycles. The average Bonchev–Trinajstić information content (AvgIpc) is 3.47. The lowest BCUT2D eigenvalue weighted by atomic mass is 10.3. The number of ether oxygens (including phenoxy) is 1. The Morgan fingerprint density at radius 3 is 2.63 bits per heavy atom. The summed E-state index contributed by atoms with van der Waals surface area (Å²) in [7, 11) is 0. The van der Waals surface area contributed by atoms with Gasteiger partial charge in [0.05, 0.1) is 11.9 Å². The molecule has 0 aliphatic heterocycles. The van der Waals surface area contributed by atoms with Crippen LogP contribution in [0.2, 0.25) is 0 Å². The molecule has 152 valence electrons. The second-order valence-electron chi connectivity index (χ2n) is 6.53. The summed E-state index contributed by atoms with van der Waals surface area (Å²) < 4.78 is 7.25. The highest BCUT2D eigenvalue weighted by Gasteiger charge is 2.15. The summed E-state index contributed by atoms with van der Waals surface area (Å²) in [5, 5.41) is 19.5. The van der Waals surface area contributed by atoms with Gasteiger partial charge < -0.3 is 15.2 Å². The van der Waals surface area contributed by atoms with E-state index in [1.807, 2.05) is 66.9 Å². The smallest absolute Gasteiger partial charge is 0.270 e. The molecular weight excluding hydrogens is 400 g/mol. The van der Waals surface area contributed by atoms with Crippen LogP contribution in [-0.2, 0) is 0 Å². The van der Waals surface area contributed by atoms with Crippen LogP contribution < -0.4 is 10.1 Å². The van der Waals surface area contributed by atoms with Crippen LogP contribution in [0.4, 0.5) is 0 Å². The zero-order chi connectivity index (χ0) is 20.8. The Kier molecular flexibility index (Phi) is 6.17. The van der Waals surface area contributed by atoms with E-state index in [2.05, 4.69) is 15.4 Å². The maximum Gasteiger partial charge on any atom is 0.270 e. The summed E-state index contributed by atoms with van der Waals surface area (Å²) in [5.41, 5.74) is 2.09. The molecule has 0 aliphatic rings. The minimum absolute atomic E-state index is 0.0739. The molecule has 2 aromatic carbocycles. The minimum Gasteiger partial charge on any atom is -0.491 e. The van der Waals surface area contributed by atoms with Crippen LogP contribution in [0, 0.1) is 0 Å². The Bertz CT molecular complexity index is 1100. The molecule has 2 heterocycles. The SMILES string of the molecule is O=C(NCC(O)COc1ccccc1)c1csc(-c2cnn(-c3ccccc3)c2)n1. The van der Waals surface area contributed by atoms with E-state index in [0.29, 0.717) is 16.5 Å². The summed E-state index contributed by atoms with van der Waals surface area (Å²) in [6, 6.07) is 19.0. The molecule has 1 unspecified atom stereocenters. The van der Waals surface area contributed by atoms with Crippen LogP contribution >= 0.6 is 11.3 Å². The summed E-state index contributed by atoms with van der Waals surface area (Å²) in [6.45, 7) is 0.162. The third-order valence-corrected chi connectivity index (χ3v) is 5.16. The lowest BCUT2D eigenvalue weighted by Gasteiger charge is -2.12. The van der Waals surface area contributed by atoms with Crippen molar-refractivity contribution < 1.29 is 14.6 Å². The molecule has 0 aliphatic carbocycles. The maximum absolute atomic E-state index is 12.4. The number of nitrogens with one attached hydrogen (secondary N) is 1. The quantitative estimate of drug-likeness (QED) is 0.457. The van der Waals surface area contributed by atoms with Crippen molar-refractivity contribution in [2.75, 3.05) is 13.2 Å². The van der Waals surface area contributed by atoms with Crippen molar-refractivity contribution in [2.24, 2.45) is 0 Å². The standard InChI is InChI=1S/C22H20N4O3S/c27-18(14-29-19-9-5-2-6-10-19)12-23-21(28)20-15-30-22(25-20)16-11-24-26(13-16)17-7-3-1-4-8-17/h1-11,13,15,18,27H,12,14H2,(H,23,28). The fraction of sp³-hybridized carbons (Fsp3) is 0.136. The zero-order valence-electron chi connectivity index (χ0n) is 16.0. The van der Waals surface area contributed by atoms with E-state index in [4.69, 9.17) is 4.74 Å². The maximum atomic E-state index is 12.4. The van der Waals surface area contributed by atoms with Gasteiger partial charge in [0.2, 0.25) is 0 Å². The number of rotatable bonds is 8. The number of hydrogen-bond donors (Lipinski definition) is 2. The molecular formula is C22H20N4O3S. The zero-order valence-corrected chi connectivity index (χ0v) is 16.8. The van der Waals surface area contributed by atoms with Gasteiger partial charge in [-0.3, -0.25) is 4.79 Å². The Balaban J connectivity index is 1.31. The van der Waals surface area contributed by atoms with Crippen molar-refractivity contribution in [1.29, 1.82) is 0 Å². The van der Waals surface area contributed by atoms with E-state index in [1.165, 1.54) is 11.3 Å². The van der Waals surface area contributed by atoms with E-state index in [0.717, 1.165) is 11.3 Å². The number of aromatic nitrogens is 3. The fourth-order valence-corrected chi connectivity index (χ4v) is 3.51. The third-order valence-electron chi connectivity index (χ3n) is 4.27. The molecule has 7 nitrogen and oxygen atoms in total. The molecule has 0 saturated carbocycles. The molecule has 1 atom stereocenters. The molecule has 2 N–H and O–H groups in total. The van der Waals surface area contributed by atoms with Gasteiger partial charge in [-0.1, -0.05) is 36.4 Å². The van der Waals surface area contributed by atoms with Crippen LogP contribution in [0.1, 0.15) is 10.5 Å². The van der Waals surface area contributed by atoms with Gasteiger partial charge in [0.25, 0.3) is 5.91 Å². The Morgan fingerprint density at radius 1 is 1.13 bits per heavy atom.